The van der Waals surface area contributed by atoms with Crippen molar-refractivity contribution in [3.8, 4) is 0 Å². The average molecular weight is 265 g/mol. The number of aromatic nitrogens is 2. The van der Waals surface area contributed by atoms with Gasteiger partial charge in [-0.05, 0) is 6.42 Å². The maximum atomic E-state index is 10.7. The Morgan fingerprint density at radius 2 is 2.26 bits per heavy atom. The zero-order valence-electron chi connectivity index (χ0n) is 11.1. The van der Waals surface area contributed by atoms with Crippen molar-refractivity contribution in [3.63, 3.8) is 0 Å². The van der Waals surface area contributed by atoms with Gasteiger partial charge in [-0.2, -0.15) is 0 Å². The van der Waals surface area contributed by atoms with Crippen LogP contribution in [-0.4, -0.2) is 46.8 Å². The van der Waals surface area contributed by atoms with Gasteiger partial charge >= 0.3 is 5.97 Å². The number of carbonyl (C=O) groups is 1. The molecule has 1 aromatic heterocycles. The summed E-state index contributed by atoms with van der Waals surface area (Å²) in [6, 6.07) is 0. The molecule has 1 unspecified atom stereocenters. The lowest BCUT2D eigenvalue weighted by molar-refractivity contribution is 0.0333. The van der Waals surface area contributed by atoms with Gasteiger partial charge in [-0.15, -0.1) is 0 Å². The van der Waals surface area contributed by atoms with E-state index >= 15 is 0 Å². The molecule has 1 N–H and O–H groups in total. The Morgan fingerprint density at radius 3 is 2.89 bits per heavy atom. The van der Waals surface area contributed by atoms with Crippen molar-refractivity contribution >= 4 is 11.9 Å². The van der Waals surface area contributed by atoms with Crippen LogP contribution >= 0.6 is 0 Å². The van der Waals surface area contributed by atoms with Crippen LogP contribution in [0, 0.1) is 0 Å². The molecule has 0 saturated carbocycles. The van der Waals surface area contributed by atoms with Gasteiger partial charge in [0.2, 0.25) is 5.95 Å². The summed E-state index contributed by atoms with van der Waals surface area (Å²) >= 11 is 0. The van der Waals surface area contributed by atoms with Gasteiger partial charge in [0.15, 0.2) is 0 Å². The Bertz CT molecular complexity index is 422. The molecule has 1 fully saturated rings. The molecule has 6 heteroatoms. The van der Waals surface area contributed by atoms with Crippen molar-refractivity contribution in [1.82, 2.24) is 9.97 Å². The van der Waals surface area contributed by atoms with Gasteiger partial charge in [0.05, 0.1) is 18.3 Å². The first-order valence-corrected chi connectivity index (χ1v) is 6.62. The molecule has 1 aliphatic heterocycles. The summed E-state index contributed by atoms with van der Waals surface area (Å²) in [7, 11) is 0. The maximum Gasteiger partial charge on any atom is 0.338 e. The third-order valence-electron chi connectivity index (χ3n) is 3.19. The third-order valence-corrected chi connectivity index (χ3v) is 3.19. The summed E-state index contributed by atoms with van der Waals surface area (Å²) in [6.07, 6.45) is 6.26. The number of unbranched alkanes of at least 4 members (excludes halogenated alkanes) is 1. The molecule has 0 bridgehead atoms. The highest BCUT2D eigenvalue weighted by Crippen LogP contribution is 2.16. The molecule has 1 saturated heterocycles. The predicted molar refractivity (Wildman–Crippen MR) is 70.5 cm³/mol. The molecule has 19 heavy (non-hydrogen) atoms. The van der Waals surface area contributed by atoms with E-state index < -0.39 is 5.97 Å². The van der Waals surface area contributed by atoms with Crippen LogP contribution in [0.5, 0.6) is 0 Å². The Labute approximate surface area is 112 Å². The number of carboxylic acid groups (broad SMARTS) is 1. The van der Waals surface area contributed by atoms with Gasteiger partial charge in [0.1, 0.15) is 0 Å². The molecule has 2 heterocycles. The molecular formula is C13H19N3O3. The molecular weight excluding hydrogens is 246 g/mol. The van der Waals surface area contributed by atoms with Crippen molar-refractivity contribution < 1.29 is 14.6 Å². The molecule has 1 atom stereocenters. The summed E-state index contributed by atoms with van der Waals surface area (Å²) in [5.74, 6) is -0.427. The minimum Gasteiger partial charge on any atom is -0.478 e. The highest BCUT2D eigenvalue weighted by Gasteiger charge is 2.22. The molecule has 6 nitrogen and oxygen atoms in total. The number of carboxylic acids is 1. The maximum absolute atomic E-state index is 10.7. The quantitative estimate of drug-likeness (QED) is 0.871. The highest BCUT2D eigenvalue weighted by atomic mass is 16.5. The summed E-state index contributed by atoms with van der Waals surface area (Å²) in [5.41, 5.74) is 0.111. The van der Waals surface area contributed by atoms with Crippen LogP contribution in [0.25, 0.3) is 0 Å². The van der Waals surface area contributed by atoms with Crippen LogP contribution in [0.3, 0.4) is 0 Å². The number of rotatable bonds is 5. The van der Waals surface area contributed by atoms with E-state index in [0.29, 0.717) is 12.6 Å². The number of nitrogens with zero attached hydrogens (tertiary/aromatic N) is 3. The second-order valence-electron chi connectivity index (χ2n) is 4.66. The first-order chi connectivity index (χ1) is 9.20. The molecule has 0 radical (unpaired) electrons. The number of hydrogen-bond donors (Lipinski definition) is 1. The minimum atomic E-state index is -1.01. The number of anilines is 1. The van der Waals surface area contributed by atoms with Gasteiger partial charge in [-0.3, -0.25) is 0 Å². The number of morpholine rings is 1. The van der Waals surface area contributed by atoms with Gasteiger partial charge in [-0.25, -0.2) is 14.8 Å². The second kappa shape index (κ2) is 6.47. The lowest BCUT2D eigenvalue weighted by Crippen LogP contribution is -2.43. The first-order valence-electron chi connectivity index (χ1n) is 6.62. The lowest BCUT2D eigenvalue weighted by Gasteiger charge is -2.32. The molecule has 0 aromatic carbocycles. The Balaban J connectivity index is 1.98. The zero-order valence-corrected chi connectivity index (χ0v) is 11.1. The van der Waals surface area contributed by atoms with Crippen LogP contribution < -0.4 is 4.90 Å². The smallest absolute Gasteiger partial charge is 0.338 e. The Morgan fingerprint density at radius 1 is 1.53 bits per heavy atom. The van der Waals surface area contributed by atoms with Crippen LogP contribution in [0.15, 0.2) is 12.4 Å². The SMILES string of the molecule is CCCCC1CN(c2ncc(C(=O)O)cn2)CCO1. The van der Waals surface area contributed by atoms with Crippen molar-refractivity contribution in [2.45, 2.75) is 32.3 Å². The number of aromatic carboxylic acids is 1. The normalized spacial score (nSPS) is 19.4. The van der Waals surface area contributed by atoms with Crippen molar-refractivity contribution in [2.75, 3.05) is 24.6 Å². The topological polar surface area (TPSA) is 75.6 Å². The average Bonchev–Trinajstić information content (AvgIpc) is 2.45. The van der Waals surface area contributed by atoms with Crippen LogP contribution in [-0.2, 0) is 4.74 Å². The van der Waals surface area contributed by atoms with E-state index in [4.69, 9.17) is 9.84 Å². The van der Waals surface area contributed by atoms with E-state index in [-0.39, 0.29) is 11.7 Å². The molecule has 1 aliphatic rings. The van der Waals surface area contributed by atoms with E-state index in [1.54, 1.807) is 0 Å². The van der Waals surface area contributed by atoms with Gasteiger partial charge in [0.25, 0.3) is 0 Å². The van der Waals surface area contributed by atoms with Gasteiger partial charge < -0.3 is 14.7 Å². The second-order valence-corrected chi connectivity index (χ2v) is 4.66. The largest absolute Gasteiger partial charge is 0.478 e. The molecule has 0 spiro atoms. The Hall–Kier alpha value is -1.69. The van der Waals surface area contributed by atoms with Crippen LogP contribution in [0.4, 0.5) is 5.95 Å². The van der Waals surface area contributed by atoms with Gasteiger partial charge in [0, 0.05) is 25.5 Å². The summed E-state index contributed by atoms with van der Waals surface area (Å²) in [6.45, 7) is 4.34. The van der Waals surface area contributed by atoms with E-state index in [9.17, 15) is 4.79 Å². The fourth-order valence-electron chi connectivity index (χ4n) is 2.10. The molecule has 0 aliphatic carbocycles. The first kappa shape index (κ1) is 13.7. The van der Waals surface area contributed by atoms with E-state index in [1.165, 1.54) is 12.4 Å². The molecule has 2 rings (SSSR count). The lowest BCUT2D eigenvalue weighted by atomic mass is 10.1. The van der Waals surface area contributed by atoms with E-state index in [1.807, 2.05) is 0 Å². The summed E-state index contributed by atoms with van der Waals surface area (Å²) < 4.78 is 5.70. The van der Waals surface area contributed by atoms with Gasteiger partial charge in [-0.1, -0.05) is 19.8 Å². The standard InChI is InChI=1S/C13H19N3O3/c1-2-3-4-11-9-16(5-6-19-11)13-14-7-10(8-15-13)12(17)18/h7-8,11H,2-6,9H2,1H3,(H,17,18). The van der Waals surface area contributed by atoms with Crippen molar-refractivity contribution in [2.24, 2.45) is 0 Å². The predicted octanol–water partition coefficient (Wildman–Crippen LogP) is 1.57. The summed E-state index contributed by atoms with van der Waals surface area (Å²) in [4.78, 5) is 21.0. The molecule has 104 valence electrons. The summed E-state index contributed by atoms with van der Waals surface area (Å²) in [5, 5.41) is 8.81. The Kier molecular flexibility index (Phi) is 4.68. The van der Waals surface area contributed by atoms with Crippen molar-refractivity contribution in [1.29, 1.82) is 0 Å². The number of hydrogen-bond acceptors (Lipinski definition) is 5. The molecule has 0 amide bonds. The van der Waals surface area contributed by atoms with Crippen LogP contribution in [0.1, 0.15) is 36.5 Å². The monoisotopic (exact) mass is 265 g/mol. The fourth-order valence-corrected chi connectivity index (χ4v) is 2.10. The number of ether oxygens (including phenoxy) is 1. The zero-order chi connectivity index (χ0) is 13.7. The highest BCUT2D eigenvalue weighted by molar-refractivity contribution is 5.86. The minimum absolute atomic E-state index is 0.111. The van der Waals surface area contributed by atoms with Crippen molar-refractivity contribution in [3.05, 3.63) is 18.0 Å². The molecule has 1 aromatic rings. The van der Waals surface area contributed by atoms with E-state index in [0.717, 1.165) is 32.4 Å². The van der Waals surface area contributed by atoms with Crippen LogP contribution in [0.2, 0.25) is 0 Å². The van der Waals surface area contributed by atoms with E-state index in [2.05, 4.69) is 21.8 Å². The third kappa shape index (κ3) is 3.64. The fraction of sp³-hybridized carbons (Fsp3) is 0.615.